The van der Waals surface area contributed by atoms with E-state index in [2.05, 4.69) is 51.2 Å². The van der Waals surface area contributed by atoms with Gasteiger partial charge in [0.05, 0.1) is 31.1 Å². The van der Waals surface area contributed by atoms with E-state index in [0.717, 1.165) is 36.1 Å². The van der Waals surface area contributed by atoms with Crippen molar-refractivity contribution in [1.82, 2.24) is 5.32 Å². The van der Waals surface area contributed by atoms with Crippen molar-refractivity contribution in [2.24, 2.45) is 11.3 Å². The highest BCUT2D eigenvalue weighted by molar-refractivity contribution is 5.59. The summed E-state index contributed by atoms with van der Waals surface area (Å²) in [4.78, 5) is 0. The highest BCUT2D eigenvalue weighted by atomic mass is 16.5. The number of aliphatic hydroxyl groups is 1. The van der Waals surface area contributed by atoms with Crippen LogP contribution in [0.25, 0.3) is 0 Å². The molecule has 1 aromatic rings. The largest absolute Gasteiger partial charge is 0.501 e. The minimum absolute atomic E-state index is 0.0502. The molecule has 0 saturated carbocycles. The molecule has 3 aliphatic heterocycles. The average Bonchev–Trinajstić information content (AvgIpc) is 3.07. The van der Waals surface area contributed by atoms with Gasteiger partial charge >= 0.3 is 0 Å². The summed E-state index contributed by atoms with van der Waals surface area (Å²) in [6.07, 6.45) is 5.70. The van der Waals surface area contributed by atoms with Crippen molar-refractivity contribution in [3.63, 3.8) is 0 Å². The summed E-state index contributed by atoms with van der Waals surface area (Å²) in [5.41, 5.74) is 5.28. The Morgan fingerprint density at radius 3 is 2.47 bits per heavy atom. The minimum atomic E-state index is -0.580. The van der Waals surface area contributed by atoms with E-state index in [1.807, 2.05) is 26.0 Å². The first kappa shape index (κ1) is 23.5. The summed E-state index contributed by atoms with van der Waals surface area (Å²) in [7, 11) is 0. The van der Waals surface area contributed by atoms with Crippen LogP contribution in [0, 0.1) is 11.3 Å². The molecule has 5 rings (SSSR count). The summed E-state index contributed by atoms with van der Waals surface area (Å²) < 4.78 is 18.5. The Morgan fingerprint density at radius 1 is 1.12 bits per heavy atom. The second-order valence-electron chi connectivity index (χ2n) is 11.7. The van der Waals surface area contributed by atoms with Crippen molar-refractivity contribution in [2.75, 3.05) is 6.61 Å². The topological polar surface area (TPSA) is 60.0 Å². The van der Waals surface area contributed by atoms with Crippen molar-refractivity contribution in [2.45, 2.75) is 90.8 Å². The predicted octanol–water partition coefficient (Wildman–Crippen LogP) is 5.58. The van der Waals surface area contributed by atoms with Gasteiger partial charge in [0.1, 0.15) is 17.5 Å². The summed E-state index contributed by atoms with van der Waals surface area (Å²) in [6, 6.07) is 8.45. The van der Waals surface area contributed by atoms with Crippen LogP contribution in [-0.4, -0.2) is 35.6 Å². The van der Waals surface area contributed by atoms with Crippen LogP contribution < -0.4 is 10.1 Å². The van der Waals surface area contributed by atoms with Crippen LogP contribution in [0.1, 0.15) is 72.5 Å². The third-order valence-electron chi connectivity index (χ3n) is 7.56. The SMILES string of the molecule is CC(C)Oc1ccc([C@H]2OC3(C=COCC3)C3=C2C(C(C)C)NC2=C3[C@@H](O)CC(C)(C)C2)cc1. The van der Waals surface area contributed by atoms with E-state index in [9.17, 15) is 5.11 Å². The molecule has 0 saturated heterocycles. The average molecular weight is 466 g/mol. The van der Waals surface area contributed by atoms with E-state index in [0.29, 0.717) is 12.5 Å². The van der Waals surface area contributed by atoms with Crippen LogP contribution in [-0.2, 0) is 9.47 Å². The fraction of sp³-hybridized carbons (Fsp3) is 0.586. The molecular weight excluding hydrogens is 426 g/mol. The molecule has 0 bridgehead atoms. The Morgan fingerprint density at radius 2 is 1.85 bits per heavy atom. The Balaban J connectivity index is 1.67. The van der Waals surface area contributed by atoms with E-state index in [-0.39, 0.29) is 23.7 Å². The predicted molar refractivity (Wildman–Crippen MR) is 133 cm³/mol. The number of nitrogens with one attached hydrogen (secondary N) is 1. The van der Waals surface area contributed by atoms with Gasteiger partial charge in [-0.25, -0.2) is 0 Å². The summed E-state index contributed by atoms with van der Waals surface area (Å²) >= 11 is 0. The Kier molecular flexibility index (Phi) is 5.84. The third-order valence-corrected chi connectivity index (χ3v) is 7.56. The number of aliphatic hydroxyl groups excluding tert-OH is 1. The quantitative estimate of drug-likeness (QED) is 0.608. The van der Waals surface area contributed by atoms with Crippen LogP contribution in [0.2, 0.25) is 0 Å². The fourth-order valence-electron chi connectivity index (χ4n) is 6.19. The van der Waals surface area contributed by atoms with Crippen molar-refractivity contribution in [3.05, 3.63) is 64.6 Å². The number of fused-ring (bicyclic) bond motifs is 2. The lowest BCUT2D eigenvalue weighted by Gasteiger charge is -2.45. The molecule has 0 fully saturated rings. The molecule has 4 atom stereocenters. The van der Waals surface area contributed by atoms with Crippen molar-refractivity contribution >= 4 is 0 Å². The molecule has 4 aliphatic rings. The smallest absolute Gasteiger partial charge is 0.119 e. The zero-order valence-corrected chi connectivity index (χ0v) is 21.4. The fourth-order valence-corrected chi connectivity index (χ4v) is 6.19. The van der Waals surface area contributed by atoms with Crippen LogP contribution in [0.15, 0.2) is 59.0 Å². The zero-order valence-electron chi connectivity index (χ0n) is 21.4. The van der Waals surface area contributed by atoms with E-state index in [1.165, 1.54) is 16.8 Å². The number of allylic oxidation sites excluding steroid dienone is 1. The maximum atomic E-state index is 11.4. The highest BCUT2D eigenvalue weighted by Gasteiger charge is 2.54. The van der Waals surface area contributed by atoms with E-state index >= 15 is 0 Å². The van der Waals surface area contributed by atoms with E-state index in [1.54, 1.807) is 6.26 Å². The van der Waals surface area contributed by atoms with Gasteiger partial charge in [-0.05, 0) is 72.9 Å². The number of benzene rings is 1. The first-order chi connectivity index (χ1) is 16.1. The number of ether oxygens (including phenoxy) is 3. The molecule has 0 radical (unpaired) electrons. The highest BCUT2D eigenvalue weighted by Crippen LogP contribution is 2.57. The summed E-state index contributed by atoms with van der Waals surface area (Å²) in [5, 5.41) is 15.3. The number of hydrogen-bond donors (Lipinski definition) is 2. The van der Waals surface area contributed by atoms with Gasteiger partial charge in [0, 0.05) is 17.7 Å². The second kappa shape index (κ2) is 8.46. The van der Waals surface area contributed by atoms with Gasteiger partial charge in [-0.1, -0.05) is 39.8 Å². The van der Waals surface area contributed by atoms with Crippen molar-refractivity contribution in [1.29, 1.82) is 0 Å². The molecule has 34 heavy (non-hydrogen) atoms. The maximum absolute atomic E-state index is 11.4. The van der Waals surface area contributed by atoms with Crippen LogP contribution in [0.5, 0.6) is 5.75 Å². The van der Waals surface area contributed by atoms with Gasteiger partial charge < -0.3 is 24.6 Å². The molecule has 0 amide bonds. The molecular formula is C29H39NO4. The van der Waals surface area contributed by atoms with Gasteiger partial charge in [0.2, 0.25) is 0 Å². The number of rotatable bonds is 4. The third kappa shape index (κ3) is 3.97. The Bertz CT molecular complexity index is 1030. The Hall–Kier alpha value is -2.24. The summed E-state index contributed by atoms with van der Waals surface area (Å²) in [5.74, 6) is 1.23. The molecule has 2 N–H and O–H groups in total. The van der Waals surface area contributed by atoms with Gasteiger partial charge in [0.15, 0.2) is 0 Å². The van der Waals surface area contributed by atoms with E-state index < -0.39 is 11.7 Å². The molecule has 184 valence electrons. The lowest BCUT2D eigenvalue weighted by Crippen LogP contribution is -2.47. The zero-order chi connectivity index (χ0) is 24.3. The molecule has 2 unspecified atom stereocenters. The van der Waals surface area contributed by atoms with Crippen LogP contribution >= 0.6 is 0 Å². The van der Waals surface area contributed by atoms with Gasteiger partial charge in [-0.2, -0.15) is 0 Å². The van der Waals surface area contributed by atoms with Crippen LogP contribution in [0.4, 0.5) is 0 Å². The lowest BCUT2D eigenvalue weighted by molar-refractivity contribution is -0.0278. The standard InChI is InChI=1S/C29H39NO4/c1-17(2)26-24-25(23-21(30-26)15-28(5,6)16-22(23)31)29(11-13-32-14-12-29)34-27(24)19-7-9-20(10-8-19)33-18(3)4/h7-11,13,17-18,22,26-27,30-31H,12,14-16H2,1-6H3/t22-,26?,27+,29?/m0/s1. The monoisotopic (exact) mass is 465 g/mol. The van der Waals surface area contributed by atoms with Crippen molar-refractivity contribution < 1.29 is 19.3 Å². The maximum Gasteiger partial charge on any atom is 0.119 e. The molecule has 5 nitrogen and oxygen atoms in total. The summed E-state index contributed by atoms with van der Waals surface area (Å²) in [6.45, 7) is 13.7. The lowest BCUT2D eigenvalue weighted by atomic mass is 9.67. The van der Waals surface area contributed by atoms with Gasteiger partial charge in [-0.3, -0.25) is 0 Å². The first-order valence-electron chi connectivity index (χ1n) is 12.8. The number of dihydropyridines is 1. The minimum Gasteiger partial charge on any atom is -0.501 e. The second-order valence-corrected chi connectivity index (χ2v) is 11.7. The molecule has 1 aliphatic carbocycles. The van der Waals surface area contributed by atoms with Crippen LogP contribution in [0.3, 0.4) is 0 Å². The van der Waals surface area contributed by atoms with E-state index in [4.69, 9.17) is 14.2 Å². The molecule has 3 heterocycles. The number of hydrogen-bond acceptors (Lipinski definition) is 5. The molecule has 0 aromatic heterocycles. The van der Waals surface area contributed by atoms with Gasteiger partial charge in [0.25, 0.3) is 0 Å². The normalized spacial score (nSPS) is 32.1. The molecule has 5 heteroatoms. The first-order valence-corrected chi connectivity index (χ1v) is 12.8. The van der Waals surface area contributed by atoms with Gasteiger partial charge in [-0.15, -0.1) is 0 Å². The molecule has 1 spiro atoms. The Labute approximate surface area is 203 Å². The molecule has 1 aromatic carbocycles. The van der Waals surface area contributed by atoms with Crippen molar-refractivity contribution in [3.8, 4) is 5.75 Å².